The number of imide groups is 1. The number of urea groups is 1. The van der Waals surface area contributed by atoms with E-state index in [-0.39, 0.29) is 29.9 Å². The van der Waals surface area contributed by atoms with Gasteiger partial charge in [-0.3, -0.25) is 9.69 Å². The fourth-order valence-corrected chi connectivity index (χ4v) is 2.50. The summed E-state index contributed by atoms with van der Waals surface area (Å²) in [5.74, 6) is 0.823. The van der Waals surface area contributed by atoms with Gasteiger partial charge in [0.2, 0.25) is 0 Å². The number of carbonyl (C=O) groups excluding carboxylic acids is 2. The average molecular weight is 268 g/mol. The molecule has 0 radical (unpaired) electrons. The predicted molar refractivity (Wildman–Crippen MR) is 76.8 cm³/mol. The largest absolute Gasteiger partial charge is 0.326 e. The standard InChI is InChI=1S/C15H28N2O2/c1-6-11(4)13-14(18)17(15(19)16-13)12(5)9-7-8-10(2)3/h10-13H,6-9H2,1-5H3,(H,16,19)/t11-,12-,13-/m0/s1. The number of hydrogen-bond donors (Lipinski definition) is 1. The van der Waals surface area contributed by atoms with E-state index in [1.807, 2.05) is 20.8 Å². The number of carbonyl (C=O) groups is 2. The molecule has 0 saturated carbocycles. The van der Waals surface area contributed by atoms with Crippen molar-refractivity contribution in [1.29, 1.82) is 0 Å². The van der Waals surface area contributed by atoms with E-state index in [1.165, 1.54) is 4.90 Å². The van der Waals surface area contributed by atoms with Gasteiger partial charge < -0.3 is 5.32 Å². The van der Waals surface area contributed by atoms with Crippen molar-refractivity contribution in [3.63, 3.8) is 0 Å². The molecule has 19 heavy (non-hydrogen) atoms. The van der Waals surface area contributed by atoms with Crippen molar-refractivity contribution in [2.45, 2.75) is 72.4 Å². The summed E-state index contributed by atoms with van der Waals surface area (Å²) in [7, 11) is 0. The van der Waals surface area contributed by atoms with Crippen LogP contribution in [0.15, 0.2) is 0 Å². The first kappa shape index (κ1) is 16.0. The fraction of sp³-hybridized carbons (Fsp3) is 0.867. The van der Waals surface area contributed by atoms with Crippen LogP contribution in [0.5, 0.6) is 0 Å². The molecule has 4 nitrogen and oxygen atoms in total. The molecule has 110 valence electrons. The Bertz CT molecular complexity index is 328. The number of nitrogens with one attached hydrogen (secondary N) is 1. The van der Waals surface area contributed by atoms with Gasteiger partial charge in [-0.25, -0.2) is 4.79 Å². The molecule has 1 rings (SSSR count). The minimum absolute atomic E-state index is 0.000283. The Morgan fingerprint density at radius 1 is 1.16 bits per heavy atom. The van der Waals surface area contributed by atoms with E-state index in [4.69, 9.17) is 0 Å². The van der Waals surface area contributed by atoms with Crippen LogP contribution in [0.1, 0.15) is 60.3 Å². The first-order valence-corrected chi connectivity index (χ1v) is 7.52. The highest BCUT2D eigenvalue weighted by atomic mass is 16.2. The lowest BCUT2D eigenvalue weighted by Crippen LogP contribution is -2.40. The molecular weight excluding hydrogens is 240 g/mol. The summed E-state index contributed by atoms with van der Waals surface area (Å²) in [6.45, 7) is 10.4. The Morgan fingerprint density at radius 3 is 2.32 bits per heavy atom. The Morgan fingerprint density at radius 2 is 1.79 bits per heavy atom. The van der Waals surface area contributed by atoms with E-state index in [0.29, 0.717) is 5.92 Å². The Labute approximate surface area is 116 Å². The van der Waals surface area contributed by atoms with E-state index in [2.05, 4.69) is 19.2 Å². The van der Waals surface area contributed by atoms with Gasteiger partial charge >= 0.3 is 6.03 Å². The Hall–Kier alpha value is -1.06. The monoisotopic (exact) mass is 268 g/mol. The molecule has 1 fully saturated rings. The second-order valence-corrected chi connectivity index (χ2v) is 6.19. The maximum Gasteiger partial charge on any atom is 0.325 e. The molecule has 0 aromatic heterocycles. The molecule has 1 heterocycles. The topological polar surface area (TPSA) is 49.4 Å². The fourth-order valence-electron chi connectivity index (χ4n) is 2.50. The lowest BCUT2D eigenvalue weighted by molar-refractivity contribution is -0.129. The van der Waals surface area contributed by atoms with Crippen LogP contribution in [0.3, 0.4) is 0 Å². The molecule has 1 N–H and O–H groups in total. The van der Waals surface area contributed by atoms with Gasteiger partial charge in [0.15, 0.2) is 0 Å². The number of rotatable bonds is 7. The third-order valence-electron chi connectivity index (χ3n) is 4.06. The third-order valence-corrected chi connectivity index (χ3v) is 4.06. The van der Waals surface area contributed by atoms with E-state index in [0.717, 1.165) is 25.7 Å². The zero-order valence-corrected chi connectivity index (χ0v) is 12.9. The molecule has 0 unspecified atom stereocenters. The van der Waals surface area contributed by atoms with Crippen molar-refractivity contribution < 1.29 is 9.59 Å². The molecule has 0 aromatic carbocycles. The first-order chi connectivity index (χ1) is 8.88. The van der Waals surface area contributed by atoms with Gasteiger partial charge in [-0.05, 0) is 25.2 Å². The van der Waals surface area contributed by atoms with Crippen LogP contribution < -0.4 is 5.32 Å². The van der Waals surface area contributed by atoms with Gasteiger partial charge in [0.1, 0.15) is 6.04 Å². The molecule has 1 aliphatic heterocycles. The molecule has 0 aliphatic carbocycles. The molecule has 0 aromatic rings. The highest BCUT2D eigenvalue weighted by Crippen LogP contribution is 2.21. The van der Waals surface area contributed by atoms with Crippen LogP contribution >= 0.6 is 0 Å². The summed E-state index contributed by atoms with van der Waals surface area (Å²) in [6, 6.07) is -0.544. The maximum absolute atomic E-state index is 12.3. The quantitative estimate of drug-likeness (QED) is 0.721. The Balaban J connectivity index is 2.57. The SMILES string of the molecule is CC[C@H](C)[C@@H]1NC(=O)N([C@@H](C)CCCC(C)C)C1=O. The van der Waals surface area contributed by atoms with Crippen LogP contribution in [0.2, 0.25) is 0 Å². The van der Waals surface area contributed by atoms with E-state index < -0.39 is 0 Å². The molecule has 3 amide bonds. The molecule has 4 heteroatoms. The van der Waals surface area contributed by atoms with Crippen LogP contribution in [0, 0.1) is 11.8 Å². The van der Waals surface area contributed by atoms with Crippen molar-refractivity contribution in [2.75, 3.05) is 0 Å². The van der Waals surface area contributed by atoms with Crippen LogP contribution in [0.25, 0.3) is 0 Å². The minimum atomic E-state index is -0.329. The zero-order valence-electron chi connectivity index (χ0n) is 12.9. The summed E-state index contributed by atoms with van der Waals surface area (Å²) >= 11 is 0. The molecule has 1 aliphatic rings. The lowest BCUT2D eigenvalue weighted by Gasteiger charge is -2.22. The predicted octanol–water partition coefficient (Wildman–Crippen LogP) is 3.17. The maximum atomic E-state index is 12.3. The molecule has 0 spiro atoms. The second kappa shape index (κ2) is 6.92. The Kier molecular flexibility index (Phi) is 5.83. The van der Waals surface area contributed by atoms with Gasteiger partial charge in [0.05, 0.1) is 0 Å². The molecule has 0 bridgehead atoms. The first-order valence-electron chi connectivity index (χ1n) is 7.52. The second-order valence-electron chi connectivity index (χ2n) is 6.19. The van der Waals surface area contributed by atoms with Gasteiger partial charge in [-0.2, -0.15) is 0 Å². The van der Waals surface area contributed by atoms with Crippen molar-refractivity contribution in [3.05, 3.63) is 0 Å². The van der Waals surface area contributed by atoms with Gasteiger partial charge in [-0.15, -0.1) is 0 Å². The van der Waals surface area contributed by atoms with Gasteiger partial charge in [0, 0.05) is 6.04 Å². The van der Waals surface area contributed by atoms with Crippen LogP contribution in [-0.2, 0) is 4.79 Å². The summed E-state index contributed by atoms with van der Waals surface area (Å²) in [6.07, 6.45) is 3.99. The van der Waals surface area contributed by atoms with Gasteiger partial charge in [0.25, 0.3) is 5.91 Å². The van der Waals surface area contributed by atoms with E-state index in [1.54, 1.807) is 0 Å². The summed E-state index contributed by atoms with van der Waals surface area (Å²) in [5.41, 5.74) is 0. The minimum Gasteiger partial charge on any atom is -0.326 e. The van der Waals surface area contributed by atoms with Crippen LogP contribution in [0.4, 0.5) is 4.79 Å². The van der Waals surface area contributed by atoms with E-state index in [9.17, 15) is 9.59 Å². The number of nitrogens with zero attached hydrogens (tertiary/aromatic N) is 1. The molecule has 1 saturated heterocycles. The highest BCUT2D eigenvalue weighted by molar-refractivity contribution is 6.04. The number of amides is 3. The summed E-state index contributed by atoms with van der Waals surface area (Å²) < 4.78 is 0. The summed E-state index contributed by atoms with van der Waals surface area (Å²) in [4.78, 5) is 25.7. The van der Waals surface area contributed by atoms with Crippen molar-refractivity contribution in [3.8, 4) is 0 Å². The number of hydrogen-bond acceptors (Lipinski definition) is 2. The molecule has 3 atom stereocenters. The van der Waals surface area contributed by atoms with Crippen molar-refractivity contribution >= 4 is 11.9 Å². The zero-order chi connectivity index (χ0) is 14.6. The van der Waals surface area contributed by atoms with Crippen molar-refractivity contribution in [2.24, 2.45) is 11.8 Å². The van der Waals surface area contributed by atoms with Crippen LogP contribution in [-0.4, -0.2) is 28.9 Å². The average Bonchev–Trinajstić information content (AvgIpc) is 2.63. The highest BCUT2D eigenvalue weighted by Gasteiger charge is 2.42. The van der Waals surface area contributed by atoms with Crippen molar-refractivity contribution in [1.82, 2.24) is 10.2 Å². The normalized spacial score (nSPS) is 22.8. The van der Waals surface area contributed by atoms with E-state index >= 15 is 0 Å². The lowest BCUT2D eigenvalue weighted by atomic mass is 9.98. The third kappa shape index (κ3) is 3.95. The van der Waals surface area contributed by atoms with Gasteiger partial charge in [-0.1, -0.05) is 47.0 Å². The summed E-state index contributed by atoms with van der Waals surface area (Å²) in [5, 5.41) is 2.82. The molecular formula is C15H28N2O2. The smallest absolute Gasteiger partial charge is 0.325 e.